The van der Waals surface area contributed by atoms with Gasteiger partial charge in [0.25, 0.3) is 0 Å². The molecule has 43 heavy (non-hydrogen) atoms. The smallest absolute Gasteiger partial charge is 0.229 e. The SMILES string of the molecule is O=C1CCCN1CCn1cnc2c(NC3CCN(Cc4ccccc4)CC3)nc(N3CCC(N4CCOCC4)CC3)nc21. The monoisotopic (exact) mass is 587 g/mol. The zero-order chi connectivity index (χ0) is 29.0. The first-order chi connectivity index (χ1) is 21.2. The van der Waals surface area contributed by atoms with Crippen LogP contribution in [-0.2, 0) is 22.6 Å². The Balaban J connectivity index is 1.07. The van der Waals surface area contributed by atoms with E-state index in [0.717, 1.165) is 121 Å². The summed E-state index contributed by atoms with van der Waals surface area (Å²) in [6.45, 7) is 11.0. The van der Waals surface area contributed by atoms with Crippen LogP contribution < -0.4 is 10.2 Å². The van der Waals surface area contributed by atoms with E-state index in [4.69, 9.17) is 19.7 Å². The molecule has 6 heterocycles. The summed E-state index contributed by atoms with van der Waals surface area (Å²) in [4.78, 5) is 36.7. The molecule has 1 amide bonds. The number of amides is 1. The second-order valence-corrected chi connectivity index (χ2v) is 12.5. The van der Waals surface area contributed by atoms with Gasteiger partial charge >= 0.3 is 0 Å². The number of nitrogens with one attached hydrogen (secondary N) is 1. The minimum absolute atomic E-state index is 0.254. The molecular formula is C32H45N9O2. The Labute approximate surface area is 254 Å². The summed E-state index contributed by atoms with van der Waals surface area (Å²) in [5.74, 6) is 1.88. The van der Waals surface area contributed by atoms with E-state index in [1.54, 1.807) is 0 Å². The van der Waals surface area contributed by atoms with Gasteiger partial charge in [-0.2, -0.15) is 9.97 Å². The fourth-order valence-corrected chi connectivity index (χ4v) is 7.15. The Morgan fingerprint density at radius 2 is 1.67 bits per heavy atom. The highest BCUT2D eigenvalue weighted by Gasteiger charge is 2.29. The molecule has 0 spiro atoms. The molecule has 0 unspecified atom stereocenters. The Bertz CT molecular complexity index is 1360. The van der Waals surface area contributed by atoms with E-state index < -0.39 is 0 Å². The van der Waals surface area contributed by atoms with Gasteiger partial charge in [0.2, 0.25) is 11.9 Å². The highest BCUT2D eigenvalue weighted by molar-refractivity contribution is 5.84. The van der Waals surface area contributed by atoms with E-state index in [9.17, 15) is 4.79 Å². The minimum atomic E-state index is 0.254. The second-order valence-electron chi connectivity index (χ2n) is 12.5. The number of morpholine rings is 1. The third kappa shape index (κ3) is 6.63. The van der Waals surface area contributed by atoms with Gasteiger partial charge in [-0.3, -0.25) is 14.6 Å². The van der Waals surface area contributed by atoms with Crippen LogP contribution in [0, 0.1) is 0 Å². The molecule has 0 bridgehead atoms. The first-order valence-corrected chi connectivity index (χ1v) is 16.3. The zero-order valence-corrected chi connectivity index (χ0v) is 25.2. The largest absolute Gasteiger partial charge is 0.379 e. The average Bonchev–Trinajstić information content (AvgIpc) is 3.67. The molecule has 1 N–H and O–H groups in total. The number of likely N-dealkylation sites (tertiary alicyclic amines) is 2. The molecular weight excluding hydrogens is 542 g/mol. The van der Waals surface area contributed by atoms with E-state index in [-0.39, 0.29) is 5.91 Å². The third-order valence-electron chi connectivity index (χ3n) is 9.72. The first kappa shape index (κ1) is 28.5. The number of carbonyl (C=O) groups excluding carboxylic acids is 1. The molecule has 4 fully saturated rings. The van der Waals surface area contributed by atoms with Crippen molar-refractivity contribution in [3.8, 4) is 0 Å². The summed E-state index contributed by atoms with van der Waals surface area (Å²) in [5.41, 5.74) is 3.05. The van der Waals surface area contributed by atoms with E-state index in [2.05, 4.69) is 54.9 Å². The number of benzene rings is 1. The molecule has 7 rings (SSSR count). The molecule has 2 aromatic heterocycles. The number of fused-ring (bicyclic) bond motifs is 1. The maximum atomic E-state index is 12.2. The summed E-state index contributed by atoms with van der Waals surface area (Å²) in [6.07, 6.45) is 7.85. The van der Waals surface area contributed by atoms with Crippen molar-refractivity contribution in [2.75, 3.05) is 75.8 Å². The maximum Gasteiger partial charge on any atom is 0.229 e. The van der Waals surface area contributed by atoms with Crippen LogP contribution in [-0.4, -0.2) is 118 Å². The van der Waals surface area contributed by atoms with Gasteiger partial charge in [0.1, 0.15) is 0 Å². The highest BCUT2D eigenvalue weighted by Crippen LogP contribution is 2.28. The molecule has 11 heteroatoms. The van der Waals surface area contributed by atoms with Crippen LogP contribution in [0.5, 0.6) is 0 Å². The van der Waals surface area contributed by atoms with Crippen molar-refractivity contribution in [1.29, 1.82) is 0 Å². The van der Waals surface area contributed by atoms with Crippen molar-refractivity contribution in [2.24, 2.45) is 0 Å². The van der Waals surface area contributed by atoms with Crippen LogP contribution in [0.2, 0.25) is 0 Å². The van der Waals surface area contributed by atoms with Crippen molar-refractivity contribution in [3.05, 3.63) is 42.2 Å². The standard InChI is InChI=1S/C32H45N9O2/c42-28-7-4-12-39(28)17-18-41-24-33-29-30(34-26-8-13-37(14-9-26)23-25-5-2-1-3-6-25)35-32(36-31(29)41)40-15-10-27(11-16-40)38-19-21-43-22-20-38/h1-3,5-6,24,26-27H,4,7-23H2,(H,34,35,36). The van der Waals surface area contributed by atoms with Gasteiger partial charge in [0.15, 0.2) is 17.0 Å². The van der Waals surface area contributed by atoms with Crippen LogP contribution in [0.4, 0.5) is 11.8 Å². The predicted octanol–water partition coefficient (Wildman–Crippen LogP) is 2.83. The Kier molecular flexibility index (Phi) is 8.71. The minimum Gasteiger partial charge on any atom is -0.379 e. The van der Waals surface area contributed by atoms with E-state index in [1.165, 1.54) is 5.56 Å². The topological polar surface area (TPSA) is 94.9 Å². The van der Waals surface area contributed by atoms with Gasteiger partial charge in [-0.15, -0.1) is 0 Å². The van der Waals surface area contributed by atoms with E-state index >= 15 is 0 Å². The fraction of sp³-hybridized carbons (Fsp3) is 0.625. The van der Waals surface area contributed by atoms with Crippen molar-refractivity contribution in [3.63, 3.8) is 0 Å². The van der Waals surface area contributed by atoms with Gasteiger partial charge < -0.3 is 24.4 Å². The van der Waals surface area contributed by atoms with E-state index in [0.29, 0.717) is 31.6 Å². The lowest BCUT2D eigenvalue weighted by Crippen LogP contribution is -2.49. The van der Waals surface area contributed by atoms with Crippen LogP contribution in [0.1, 0.15) is 44.1 Å². The van der Waals surface area contributed by atoms with Crippen LogP contribution in [0.15, 0.2) is 36.7 Å². The first-order valence-electron chi connectivity index (χ1n) is 16.3. The molecule has 4 aliphatic heterocycles. The number of carbonyl (C=O) groups is 1. The molecule has 4 aliphatic rings. The lowest BCUT2D eigenvalue weighted by Gasteiger charge is -2.40. The summed E-state index contributed by atoms with van der Waals surface area (Å²) in [5, 5.41) is 3.80. The maximum absolute atomic E-state index is 12.2. The summed E-state index contributed by atoms with van der Waals surface area (Å²) in [6, 6.07) is 11.7. The molecule has 4 saturated heterocycles. The second kappa shape index (κ2) is 13.2. The molecule has 0 aliphatic carbocycles. The van der Waals surface area contributed by atoms with E-state index in [1.807, 2.05) is 11.2 Å². The number of piperidine rings is 2. The van der Waals surface area contributed by atoms with Gasteiger partial charge in [-0.1, -0.05) is 30.3 Å². The third-order valence-corrected chi connectivity index (χ3v) is 9.72. The number of aromatic nitrogens is 4. The number of imidazole rings is 1. The van der Waals surface area contributed by atoms with Crippen molar-refractivity contribution < 1.29 is 9.53 Å². The van der Waals surface area contributed by atoms with Crippen molar-refractivity contribution in [2.45, 2.75) is 63.7 Å². The predicted molar refractivity (Wildman–Crippen MR) is 167 cm³/mol. The van der Waals surface area contributed by atoms with Gasteiger partial charge in [0, 0.05) is 84.0 Å². The quantitative estimate of drug-likeness (QED) is 0.406. The number of hydrogen-bond donors (Lipinski definition) is 1. The number of ether oxygens (including phenoxy) is 1. The lowest BCUT2D eigenvalue weighted by atomic mass is 10.0. The van der Waals surface area contributed by atoms with Crippen LogP contribution in [0.3, 0.4) is 0 Å². The molecule has 3 aromatic rings. The number of anilines is 2. The normalized spacial score (nSPS) is 21.7. The lowest BCUT2D eigenvalue weighted by molar-refractivity contribution is -0.127. The molecule has 0 saturated carbocycles. The van der Waals surface area contributed by atoms with Gasteiger partial charge in [0.05, 0.1) is 19.5 Å². The molecule has 0 atom stereocenters. The Morgan fingerprint density at radius 1 is 0.884 bits per heavy atom. The summed E-state index contributed by atoms with van der Waals surface area (Å²) >= 11 is 0. The van der Waals surface area contributed by atoms with Crippen molar-refractivity contribution in [1.82, 2.24) is 34.2 Å². The zero-order valence-electron chi connectivity index (χ0n) is 25.2. The van der Waals surface area contributed by atoms with Gasteiger partial charge in [-0.25, -0.2) is 4.98 Å². The van der Waals surface area contributed by atoms with Crippen LogP contribution >= 0.6 is 0 Å². The molecule has 230 valence electrons. The highest BCUT2D eigenvalue weighted by atomic mass is 16.5. The average molecular weight is 588 g/mol. The van der Waals surface area contributed by atoms with Crippen molar-refractivity contribution >= 4 is 28.8 Å². The van der Waals surface area contributed by atoms with Crippen LogP contribution in [0.25, 0.3) is 11.2 Å². The number of nitrogens with zero attached hydrogens (tertiary/aromatic N) is 8. The summed E-state index contributed by atoms with van der Waals surface area (Å²) in [7, 11) is 0. The van der Waals surface area contributed by atoms with Gasteiger partial charge in [-0.05, 0) is 37.7 Å². The molecule has 1 aromatic carbocycles. The number of hydrogen-bond acceptors (Lipinski definition) is 9. The Morgan fingerprint density at radius 3 is 2.42 bits per heavy atom. The summed E-state index contributed by atoms with van der Waals surface area (Å²) < 4.78 is 7.69. The Hall–Kier alpha value is -3.28. The molecule has 0 radical (unpaired) electrons. The molecule has 11 nitrogen and oxygen atoms in total. The fourth-order valence-electron chi connectivity index (χ4n) is 7.15. The number of rotatable bonds is 9.